The van der Waals surface area contributed by atoms with Crippen molar-refractivity contribution in [2.45, 2.75) is 25.7 Å². The molecule has 3 heterocycles. The lowest BCUT2D eigenvalue weighted by Crippen LogP contribution is -2.37. The van der Waals surface area contributed by atoms with Crippen LogP contribution in [0.15, 0.2) is 53.3 Å². The van der Waals surface area contributed by atoms with Crippen LogP contribution in [0.25, 0.3) is 5.70 Å². The number of piperidine rings is 1. The lowest BCUT2D eigenvalue weighted by atomic mass is 9.91. The molecule has 1 aromatic carbocycles. The number of likely N-dealkylation sites (tertiary alicyclic amines) is 1. The van der Waals surface area contributed by atoms with E-state index in [1.165, 1.54) is 18.5 Å². The van der Waals surface area contributed by atoms with Gasteiger partial charge in [-0.25, -0.2) is 4.99 Å². The van der Waals surface area contributed by atoms with Crippen molar-refractivity contribution in [3.05, 3.63) is 59.4 Å². The SMILES string of the molecule is N/C(=C1\NC=Nc2[nH]ccc21)C1CCN(CCCc2ccccc2)CC1. The minimum absolute atomic E-state index is 0.442. The number of hydrogen-bond donors (Lipinski definition) is 3. The molecule has 0 unspecified atom stereocenters. The molecule has 1 fully saturated rings. The van der Waals surface area contributed by atoms with Crippen LogP contribution in [-0.4, -0.2) is 35.9 Å². The van der Waals surface area contributed by atoms with Gasteiger partial charge in [0.25, 0.3) is 0 Å². The van der Waals surface area contributed by atoms with Gasteiger partial charge >= 0.3 is 0 Å². The molecule has 0 bridgehead atoms. The molecule has 1 saturated heterocycles. The number of nitrogens with one attached hydrogen (secondary N) is 2. The lowest BCUT2D eigenvalue weighted by Gasteiger charge is -2.33. The van der Waals surface area contributed by atoms with Gasteiger partial charge in [0.2, 0.25) is 0 Å². The summed E-state index contributed by atoms with van der Waals surface area (Å²) in [6, 6.07) is 12.8. The summed E-state index contributed by atoms with van der Waals surface area (Å²) in [5, 5.41) is 3.25. The maximum absolute atomic E-state index is 6.54. The van der Waals surface area contributed by atoms with Crippen molar-refractivity contribution in [3.8, 4) is 0 Å². The topological polar surface area (TPSA) is 69.4 Å². The normalized spacial score (nSPS) is 19.8. The van der Waals surface area contributed by atoms with Gasteiger partial charge in [0.15, 0.2) is 0 Å². The van der Waals surface area contributed by atoms with E-state index in [2.05, 4.69) is 50.5 Å². The van der Waals surface area contributed by atoms with E-state index < -0.39 is 0 Å². The van der Waals surface area contributed by atoms with E-state index in [0.717, 1.165) is 55.1 Å². The average molecular weight is 349 g/mol. The summed E-state index contributed by atoms with van der Waals surface area (Å²) in [5.41, 5.74) is 11.1. The zero-order valence-electron chi connectivity index (χ0n) is 15.1. The first-order chi connectivity index (χ1) is 12.8. The number of H-pyrrole nitrogens is 1. The Kier molecular flexibility index (Phi) is 5.07. The standard InChI is InChI=1S/C21H27N5/c22-19(20-18-8-11-23-21(18)25-15-24-20)17-9-13-26(14-10-17)12-4-7-16-5-2-1-3-6-16/h1-3,5-6,8,11,15,17,23H,4,7,9-10,12-14,22H2,(H,24,25)/b20-19-. The summed E-state index contributed by atoms with van der Waals surface area (Å²) in [5.74, 6) is 1.33. The van der Waals surface area contributed by atoms with Crippen LogP contribution in [0.3, 0.4) is 0 Å². The zero-order valence-corrected chi connectivity index (χ0v) is 15.1. The number of rotatable bonds is 5. The molecule has 0 aliphatic carbocycles. The molecule has 5 nitrogen and oxygen atoms in total. The van der Waals surface area contributed by atoms with Crippen LogP contribution in [0.1, 0.15) is 30.4 Å². The molecular weight excluding hydrogens is 322 g/mol. The third-order valence-corrected chi connectivity index (χ3v) is 5.50. The van der Waals surface area contributed by atoms with Crippen molar-refractivity contribution >= 4 is 17.9 Å². The van der Waals surface area contributed by atoms with Gasteiger partial charge in [-0.05, 0) is 56.9 Å². The van der Waals surface area contributed by atoms with Crippen LogP contribution in [0, 0.1) is 5.92 Å². The second-order valence-electron chi connectivity index (χ2n) is 7.18. The summed E-state index contributed by atoms with van der Waals surface area (Å²) < 4.78 is 0. The van der Waals surface area contributed by atoms with Crippen molar-refractivity contribution < 1.29 is 0 Å². The Bertz CT molecular complexity index is 782. The van der Waals surface area contributed by atoms with Crippen molar-refractivity contribution in [1.82, 2.24) is 15.2 Å². The molecule has 2 aliphatic rings. The fourth-order valence-electron chi connectivity index (χ4n) is 3.97. The van der Waals surface area contributed by atoms with Crippen LogP contribution in [0.2, 0.25) is 0 Å². The Balaban J connectivity index is 1.30. The molecule has 1 aromatic heterocycles. The Morgan fingerprint density at radius 2 is 1.96 bits per heavy atom. The molecule has 0 atom stereocenters. The average Bonchev–Trinajstić information content (AvgIpc) is 3.18. The number of allylic oxidation sites excluding steroid dienone is 1. The largest absolute Gasteiger partial charge is 0.400 e. The van der Waals surface area contributed by atoms with Crippen molar-refractivity contribution in [2.24, 2.45) is 16.6 Å². The number of aromatic amines is 1. The van der Waals surface area contributed by atoms with E-state index in [9.17, 15) is 0 Å². The maximum Gasteiger partial charge on any atom is 0.141 e. The monoisotopic (exact) mass is 349 g/mol. The number of fused-ring (bicyclic) bond motifs is 1. The minimum atomic E-state index is 0.442. The van der Waals surface area contributed by atoms with E-state index >= 15 is 0 Å². The Hall–Kier alpha value is -2.53. The van der Waals surface area contributed by atoms with E-state index in [4.69, 9.17) is 5.73 Å². The summed E-state index contributed by atoms with van der Waals surface area (Å²) in [6.07, 6.45) is 8.26. The highest BCUT2D eigenvalue weighted by molar-refractivity contribution is 5.87. The van der Waals surface area contributed by atoms with Crippen LogP contribution >= 0.6 is 0 Å². The van der Waals surface area contributed by atoms with E-state index in [1.807, 2.05) is 12.3 Å². The first-order valence-electron chi connectivity index (χ1n) is 9.54. The van der Waals surface area contributed by atoms with E-state index in [1.54, 1.807) is 6.34 Å². The second-order valence-corrected chi connectivity index (χ2v) is 7.18. The van der Waals surface area contributed by atoms with Crippen LogP contribution in [0.4, 0.5) is 5.82 Å². The molecule has 2 aliphatic heterocycles. The number of nitrogens with two attached hydrogens (primary N) is 1. The van der Waals surface area contributed by atoms with Crippen LogP contribution < -0.4 is 11.1 Å². The predicted molar refractivity (Wildman–Crippen MR) is 107 cm³/mol. The van der Waals surface area contributed by atoms with Crippen molar-refractivity contribution in [1.29, 1.82) is 0 Å². The van der Waals surface area contributed by atoms with Crippen LogP contribution in [0.5, 0.6) is 0 Å². The number of nitrogens with zero attached hydrogens (tertiary/aromatic N) is 2. The zero-order chi connectivity index (χ0) is 17.8. The van der Waals surface area contributed by atoms with Gasteiger partial charge in [-0.15, -0.1) is 0 Å². The highest BCUT2D eigenvalue weighted by atomic mass is 15.1. The Morgan fingerprint density at radius 3 is 2.77 bits per heavy atom. The Morgan fingerprint density at radius 1 is 1.15 bits per heavy atom. The molecule has 0 amide bonds. The number of aryl methyl sites for hydroxylation is 1. The smallest absolute Gasteiger partial charge is 0.141 e. The molecule has 5 heteroatoms. The van der Waals surface area contributed by atoms with Gasteiger partial charge in [0, 0.05) is 23.4 Å². The van der Waals surface area contributed by atoms with Crippen LogP contribution in [-0.2, 0) is 6.42 Å². The molecular formula is C21H27N5. The summed E-state index contributed by atoms with van der Waals surface area (Å²) in [4.78, 5) is 10.0. The van der Waals surface area contributed by atoms with Gasteiger partial charge in [-0.1, -0.05) is 30.3 Å². The van der Waals surface area contributed by atoms with Gasteiger partial charge < -0.3 is 20.9 Å². The fourth-order valence-corrected chi connectivity index (χ4v) is 3.97. The number of hydrogen-bond acceptors (Lipinski definition) is 4. The highest BCUT2D eigenvalue weighted by Gasteiger charge is 2.25. The molecule has 136 valence electrons. The number of aliphatic imine (C=N–C) groups is 1. The quantitative estimate of drug-likeness (QED) is 0.776. The van der Waals surface area contributed by atoms with E-state index in [-0.39, 0.29) is 0 Å². The maximum atomic E-state index is 6.54. The third kappa shape index (κ3) is 3.68. The van der Waals surface area contributed by atoms with Gasteiger partial charge in [-0.2, -0.15) is 0 Å². The Labute approximate surface area is 155 Å². The van der Waals surface area contributed by atoms with Crippen molar-refractivity contribution in [3.63, 3.8) is 0 Å². The molecule has 0 spiro atoms. The first kappa shape index (κ1) is 16.9. The van der Waals surface area contributed by atoms with Gasteiger partial charge in [0.1, 0.15) is 5.82 Å². The van der Waals surface area contributed by atoms with E-state index in [0.29, 0.717) is 5.92 Å². The minimum Gasteiger partial charge on any atom is -0.400 e. The summed E-state index contributed by atoms with van der Waals surface area (Å²) in [7, 11) is 0. The molecule has 4 rings (SSSR count). The first-order valence-corrected chi connectivity index (χ1v) is 9.54. The molecule has 2 aromatic rings. The second kappa shape index (κ2) is 7.79. The lowest BCUT2D eigenvalue weighted by molar-refractivity contribution is 0.196. The summed E-state index contributed by atoms with van der Waals surface area (Å²) in [6.45, 7) is 3.42. The molecule has 0 radical (unpaired) electrons. The number of benzene rings is 1. The number of aromatic nitrogens is 1. The van der Waals surface area contributed by atoms with Gasteiger partial charge in [-0.3, -0.25) is 0 Å². The third-order valence-electron chi connectivity index (χ3n) is 5.50. The van der Waals surface area contributed by atoms with Crippen molar-refractivity contribution in [2.75, 3.05) is 19.6 Å². The highest BCUT2D eigenvalue weighted by Crippen LogP contribution is 2.31. The molecule has 26 heavy (non-hydrogen) atoms. The molecule has 0 saturated carbocycles. The predicted octanol–water partition coefficient (Wildman–Crippen LogP) is 3.25. The summed E-state index contributed by atoms with van der Waals surface area (Å²) >= 11 is 0. The van der Waals surface area contributed by atoms with Gasteiger partial charge in [0.05, 0.1) is 12.0 Å². The fraction of sp³-hybridized carbons (Fsp3) is 0.381. The molecule has 4 N–H and O–H groups in total.